The van der Waals surface area contributed by atoms with Crippen molar-refractivity contribution in [3.05, 3.63) is 52.9 Å². The number of thiazole rings is 1. The van der Waals surface area contributed by atoms with Gasteiger partial charge in [0, 0.05) is 17.9 Å². The van der Waals surface area contributed by atoms with Gasteiger partial charge in [-0.15, -0.1) is 11.3 Å². The molecule has 0 saturated heterocycles. The van der Waals surface area contributed by atoms with E-state index in [0.717, 1.165) is 29.5 Å². The second-order valence-corrected chi connectivity index (χ2v) is 6.32. The van der Waals surface area contributed by atoms with Crippen LogP contribution in [0, 0.1) is 5.82 Å². The molecule has 0 unspecified atom stereocenters. The number of amides is 2. The summed E-state index contributed by atoms with van der Waals surface area (Å²) < 4.78 is 53.9. The van der Waals surface area contributed by atoms with E-state index in [0.29, 0.717) is 4.68 Å². The lowest BCUT2D eigenvalue weighted by Crippen LogP contribution is -2.40. The van der Waals surface area contributed by atoms with E-state index in [4.69, 9.17) is 0 Å². The van der Waals surface area contributed by atoms with Gasteiger partial charge in [0.2, 0.25) is 11.0 Å². The standard InChI is InChI=1S/C16H11F4N5O2S/c1-8(26)22-23-14(27)12-7-28-15(21-12)25-13(16(18,19)20)6-11(24-25)9-2-4-10(17)5-3-9/h2-7H,1H3,(H,22,26)(H,23,27). The fourth-order valence-electron chi connectivity index (χ4n) is 2.17. The molecule has 0 saturated carbocycles. The first kappa shape index (κ1) is 19.5. The highest BCUT2D eigenvalue weighted by molar-refractivity contribution is 7.12. The molecular weight excluding hydrogens is 402 g/mol. The Labute approximate surface area is 159 Å². The summed E-state index contributed by atoms with van der Waals surface area (Å²) in [5, 5.41) is 4.94. The lowest BCUT2D eigenvalue weighted by Gasteiger charge is -2.07. The van der Waals surface area contributed by atoms with Crippen LogP contribution in [0.4, 0.5) is 17.6 Å². The van der Waals surface area contributed by atoms with Crippen LogP contribution in [0.15, 0.2) is 35.7 Å². The number of halogens is 4. The first-order chi connectivity index (χ1) is 13.1. The van der Waals surface area contributed by atoms with Crippen molar-refractivity contribution in [2.24, 2.45) is 0 Å². The number of hydrogen-bond acceptors (Lipinski definition) is 5. The van der Waals surface area contributed by atoms with Gasteiger partial charge in [-0.1, -0.05) is 0 Å². The van der Waals surface area contributed by atoms with E-state index < -0.39 is 29.5 Å². The molecule has 2 N–H and O–H groups in total. The van der Waals surface area contributed by atoms with E-state index in [1.54, 1.807) is 0 Å². The minimum absolute atomic E-state index is 0.0354. The first-order valence-electron chi connectivity index (χ1n) is 7.61. The highest BCUT2D eigenvalue weighted by atomic mass is 32.1. The predicted octanol–water partition coefficient (Wildman–Crippen LogP) is 2.93. The third-order valence-electron chi connectivity index (χ3n) is 3.40. The maximum atomic E-state index is 13.4. The van der Waals surface area contributed by atoms with E-state index in [9.17, 15) is 27.2 Å². The van der Waals surface area contributed by atoms with Crippen LogP contribution in [-0.2, 0) is 11.0 Å². The average molecular weight is 413 g/mol. The molecule has 3 aromatic rings. The van der Waals surface area contributed by atoms with Crippen molar-refractivity contribution in [2.45, 2.75) is 13.1 Å². The molecule has 1 aromatic carbocycles. The molecule has 0 fully saturated rings. The van der Waals surface area contributed by atoms with Crippen LogP contribution in [0.2, 0.25) is 0 Å². The average Bonchev–Trinajstić information content (AvgIpc) is 3.27. The van der Waals surface area contributed by atoms with Crippen molar-refractivity contribution in [3.63, 3.8) is 0 Å². The van der Waals surface area contributed by atoms with Gasteiger partial charge in [-0.05, 0) is 30.3 Å². The number of aromatic nitrogens is 3. The molecule has 0 spiro atoms. The monoisotopic (exact) mass is 413 g/mol. The van der Waals surface area contributed by atoms with Crippen LogP contribution in [0.25, 0.3) is 16.4 Å². The molecule has 0 aliphatic rings. The third kappa shape index (κ3) is 4.17. The number of rotatable bonds is 3. The molecule has 7 nitrogen and oxygen atoms in total. The molecule has 28 heavy (non-hydrogen) atoms. The van der Waals surface area contributed by atoms with Gasteiger partial charge in [-0.3, -0.25) is 20.4 Å². The van der Waals surface area contributed by atoms with Crippen molar-refractivity contribution in [2.75, 3.05) is 0 Å². The predicted molar refractivity (Wildman–Crippen MR) is 90.9 cm³/mol. The highest BCUT2D eigenvalue weighted by Crippen LogP contribution is 2.34. The Morgan fingerprint density at radius 2 is 1.82 bits per heavy atom. The van der Waals surface area contributed by atoms with E-state index in [2.05, 4.69) is 20.9 Å². The zero-order valence-corrected chi connectivity index (χ0v) is 14.9. The van der Waals surface area contributed by atoms with Crippen LogP contribution in [0.1, 0.15) is 23.1 Å². The van der Waals surface area contributed by atoms with Gasteiger partial charge in [0.25, 0.3) is 5.91 Å². The second kappa shape index (κ2) is 7.38. The number of hydrogen-bond donors (Lipinski definition) is 2. The SMILES string of the molecule is CC(=O)NNC(=O)c1csc(-n2nc(-c3ccc(F)cc3)cc2C(F)(F)F)n1. The number of benzene rings is 1. The Hall–Kier alpha value is -3.28. The van der Waals surface area contributed by atoms with Crippen LogP contribution < -0.4 is 10.9 Å². The van der Waals surface area contributed by atoms with E-state index in [1.165, 1.54) is 24.4 Å². The van der Waals surface area contributed by atoms with Gasteiger partial charge in [-0.2, -0.15) is 18.3 Å². The summed E-state index contributed by atoms with van der Waals surface area (Å²) in [6.45, 7) is 1.17. The van der Waals surface area contributed by atoms with E-state index in [1.807, 2.05) is 0 Å². The van der Waals surface area contributed by atoms with Gasteiger partial charge in [-0.25, -0.2) is 14.1 Å². The van der Waals surface area contributed by atoms with Gasteiger partial charge >= 0.3 is 6.18 Å². The smallest absolute Gasteiger partial charge is 0.274 e. The molecule has 0 bridgehead atoms. The van der Waals surface area contributed by atoms with Crippen LogP contribution in [0.3, 0.4) is 0 Å². The van der Waals surface area contributed by atoms with Crippen molar-refractivity contribution >= 4 is 23.2 Å². The summed E-state index contributed by atoms with van der Waals surface area (Å²) >= 11 is 0.762. The molecular formula is C16H11F4N5O2S. The van der Waals surface area contributed by atoms with Crippen molar-refractivity contribution in [1.29, 1.82) is 0 Å². The van der Waals surface area contributed by atoms with Gasteiger partial charge < -0.3 is 0 Å². The number of hydrazine groups is 1. The second-order valence-electron chi connectivity index (χ2n) is 5.48. The summed E-state index contributed by atoms with van der Waals surface area (Å²) in [6, 6.07) is 5.63. The maximum Gasteiger partial charge on any atom is 0.433 e. The fourth-order valence-corrected chi connectivity index (χ4v) is 2.93. The summed E-state index contributed by atoms with van der Waals surface area (Å²) in [5.41, 5.74) is 3.07. The van der Waals surface area contributed by atoms with E-state index >= 15 is 0 Å². The minimum Gasteiger partial charge on any atom is -0.274 e. The Morgan fingerprint density at radius 3 is 2.43 bits per heavy atom. The van der Waals surface area contributed by atoms with Gasteiger partial charge in [0.05, 0.1) is 5.69 Å². The Morgan fingerprint density at radius 1 is 1.14 bits per heavy atom. The van der Waals surface area contributed by atoms with Crippen LogP contribution in [-0.4, -0.2) is 26.6 Å². The Balaban J connectivity index is 1.98. The summed E-state index contributed by atoms with van der Waals surface area (Å²) in [5.74, 6) is -1.86. The quantitative estimate of drug-likeness (QED) is 0.511. The molecule has 0 radical (unpaired) electrons. The lowest BCUT2D eigenvalue weighted by atomic mass is 10.1. The normalized spacial score (nSPS) is 11.3. The summed E-state index contributed by atoms with van der Waals surface area (Å²) in [7, 11) is 0. The van der Waals surface area contributed by atoms with Crippen LogP contribution in [0.5, 0.6) is 0 Å². The number of nitrogens with zero attached hydrogens (tertiary/aromatic N) is 3. The Kier molecular flexibility index (Phi) is 5.14. The topological polar surface area (TPSA) is 88.9 Å². The molecule has 12 heteroatoms. The fraction of sp³-hybridized carbons (Fsp3) is 0.125. The molecule has 0 atom stereocenters. The van der Waals surface area contributed by atoms with Crippen molar-refractivity contribution in [1.82, 2.24) is 25.6 Å². The molecule has 2 aromatic heterocycles. The number of alkyl halides is 3. The minimum atomic E-state index is -4.74. The third-order valence-corrected chi connectivity index (χ3v) is 4.21. The first-order valence-corrected chi connectivity index (χ1v) is 8.49. The van der Waals surface area contributed by atoms with Crippen molar-refractivity contribution < 1.29 is 27.2 Å². The van der Waals surface area contributed by atoms with E-state index in [-0.39, 0.29) is 22.1 Å². The number of carbonyl (C=O) groups excluding carboxylic acids is 2. The summed E-state index contributed by atoms with van der Waals surface area (Å²) in [6.07, 6.45) is -4.74. The molecule has 0 aliphatic carbocycles. The highest BCUT2D eigenvalue weighted by Gasteiger charge is 2.37. The Bertz CT molecular complexity index is 1030. The van der Waals surface area contributed by atoms with Gasteiger partial charge in [0.1, 0.15) is 11.5 Å². The molecule has 2 amide bonds. The summed E-state index contributed by atoms with van der Waals surface area (Å²) in [4.78, 5) is 26.5. The van der Waals surface area contributed by atoms with Gasteiger partial charge in [0.15, 0.2) is 5.69 Å². The molecule has 2 heterocycles. The largest absolute Gasteiger partial charge is 0.433 e. The maximum absolute atomic E-state index is 13.4. The van der Waals surface area contributed by atoms with Crippen molar-refractivity contribution in [3.8, 4) is 16.4 Å². The number of carbonyl (C=O) groups is 2. The molecule has 3 rings (SSSR count). The zero-order valence-electron chi connectivity index (χ0n) is 14.0. The zero-order chi connectivity index (χ0) is 20.5. The molecule has 146 valence electrons. The molecule has 0 aliphatic heterocycles. The van der Waals surface area contributed by atoms with Crippen LogP contribution >= 0.6 is 11.3 Å². The lowest BCUT2D eigenvalue weighted by molar-refractivity contribution is -0.142. The number of nitrogens with one attached hydrogen (secondary N) is 2.